The van der Waals surface area contributed by atoms with Gasteiger partial charge in [0, 0.05) is 10.6 Å². The first-order valence-electron chi connectivity index (χ1n) is 9.24. The average molecular weight is 393 g/mol. The molecule has 0 heterocycles. The van der Waals surface area contributed by atoms with Gasteiger partial charge in [0.25, 0.3) is 0 Å². The van der Waals surface area contributed by atoms with Crippen molar-refractivity contribution in [3.05, 3.63) is 84.4 Å². The van der Waals surface area contributed by atoms with Gasteiger partial charge >= 0.3 is 5.97 Å². The van der Waals surface area contributed by atoms with E-state index in [1.165, 1.54) is 11.9 Å². The molecule has 0 radical (unpaired) electrons. The molecule has 3 N–H and O–H groups in total. The molecule has 3 rings (SSSR count). The Bertz CT molecular complexity index is 915. The van der Waals surface area contributed by atoms with E-state index in [9.17, 15) is 4.79 Å². The van der Waals surface area contributed by atoms with Crippen LogP contribution in [0.15, 0.2) is 83.8 Å². The summed E-state index contributed by atoms with van der Waals surface area (Å²) in [5, 5.41) is 0. The number of benzene rings is 3. The molecule has 3 aromatic rings. The quantitative estimate of drug-likeness (QED) is 0.312. The third-order valence-electron chi connectivity index (χ3n) is 4.25. The Balaban J connectivity index is 1.74. The Kier molecular flexibility index (Phi) is 7.12. The number of nitrogen functional groups attached to an aromatic ring is 1. The van der Waals surface area contributed by atoms with Crippen molar-refractivity contribution in [2.45, 2.75) is 24.3 Å². The van der Waals surface area contributed by atoms with E-state index >= 15 is 0 Å². The van der Waals surface area contributed by atoms with Crippen molar-refractivity contribution >= 4 is 23.6 Å². The SMILES string of the molecule is CCOC(=O)CC(NSc1cccc(-c2cccc(N)c2)c1)c1ccccc1. The van der Waals surface area contributed by atoms with Crippen molar-refractivity contribution in [3.63, 3.8) is 0 Å². The van der Waals surface area contributed by atoms with E-state index < -0.39 is 0 Å². The summed E-state index contributed by atoms with van der Waals surface area (Å²) in [4.78, 5) is 13.1. The molecular weight excluding hydrogens is 368 g/mol. The van der Waals surface area contributed by atoms with Crippen molar-refractivity contribution in [1.29, 1.82) is 0 Å². The lowest BCUT2D eigenvalue weighted by Crippen LogP contribution is -2.19. The fraction of sp³-hybridized carbons (Fsp3) is 0.174. The normalized spacial score (nSPS) is 11.8. The number of hydrogen-bond acceptors (Lipinski definition) is 5. The van der Waals surface area contributed by atoms with Crippen LogP contribution < -0.4 is 10.5 Å². The highest BCUT2D eigenvalue weighted by molar-refractivity contribution is 7.97. The predicted octanol–water partition coefficient (Wildman–Crippen LogP) is 5.23. The number of carbonyl (C=O) groups excluding carboxylic acids is 1. The zero-order valence-corrected chi connectivity index (χ0v) is 16.6. The zero-order chi connectivity index (χ0) is 19.8. The summed E-state index contributed by atoms with van der Waals surface area (Å²) >= 11 is 1.51. The highest BCUT2D eigenvalue weighted by atomic mass is 32.2. The van der Waals surface area contributed by atoms with Gasteiger partial charge in [-0.25, -0.2) is 0 Å². The number of esters is 1. The van der Waals surface area contributed by atoms with Crippen LogP contribution >= 0.6 is 11.9 Å². The summed E-state index contributed by atoms with van der Waals surface area (Å²) in [5.41, 5.74) is 9.88. The fourth-order valence-corrected chi connectivity index (χ4v) is 3.73. The molecule has 0 spiro atoms. The summed E-state index contributed by atoms with van der Waals surface area (Å²) in [6.07, 6.45) is 0.278. The number of ether oxygens (including phenoxy) is 1. The monoisotopic (exact) mass is 392 g/mol. The van der Waals surface area contributed by atoms with Gasteiger partial charge in [0.1, 0.15) is 0 Å². The van der Waals surface area contributed by atoms with E-state index in [1.54, 1.807) is 0 Å². The Morgan fingerprint density at radius 1 is 1.00 bits per heavy atom. The van der Waals surface area contributed by atoms with Gasteiger partial charge in [-0.1, -0.05) is 54.6 Å². The van der Waals surface area contributed by atoms with Crippen LogP contribution in [-0.4, -0.2) is 12.6 Å². The molecule has 0 saturated carbocycles. The maximum atomic E-state index is 12.0. The van der Waals surface area contributed by atoms with E-state index in [-0.39, 0.29) is 18.4 Å². The Hall–Kier alpha value is -2.76. The van der Waals surface area contributed by atoms with Gasteiger partial charge in [0.15, 0.2) is 0 Å². The van der Waals surface area contributed by atoms with Crippen LogP contribution in [0.4, 0.5) is 5.69 Å². The topological polar surface area (TPSA) is 64.3 Å². The van der Waals surface area contributed by atoms with E-state index in [4.69, 9.17) is 10.5 Å². The van der Waals surface area contributed by atoms with Crippen LogP contribution in [-0.2, 0) is 9.53 Å². The van der Waals surface area contributed by atoms with E-state index in [0.29, 0.717) is 6.61 Å². The molecule has 144 valence electrons. The third-order valence-corrected chi connectivity index (χ3v) is 5.14. The summed E-state index contributed by atoms with van der Waals surface area (Å²) < 4.78 is 8.56. The molecular formula is C23H24N2O2S. The molecule has 4 nitrogen and oxygen atoms in total. The highest BCUT2D eigenvalue weighted by Gasteiger charge is 2.17. The Morgan fingerprint density at radius 3 is 2.43 bits per heavy atom. The van der Waals surface area contributed by atoms with Gasteiger partial charge in [0.2, 0.25) is 0 Å². The lowest BCUT2D eigenvalue weighted by atomic mass is 10.1. The first-order valence-corrected chi connectivity index (χ1v) is 10.1. The van der Waals surface area contributed by atoms with Crippen LogP contribution in [0, 0.1) is 0 Å². The van der Waals surface area contributed by atoms with Crippen LogP contribution in [0.3, 0.4) is 0 Å². The van der Waals surface area contributed by atoms with Gasteiger partial charge in [-0.2, -0.15) is 0 Å². The molecule has 28 heavy (non-hydrogen) atoms. The number of nitrogens with one attached hydrogen (secondary N) is 1. The van der Waals surface area contributed by atoms with Crippen LogP contribution in [0.5, 0.6) is 0 Å². The molecule has 3 aromatic carbocycles. The van der Waals surface area contributed by atoms with Gasteiger partial charge in [0.05, 0.1) is 19.1 Å². The minimum absolute atomic E-state index is 0.138. The lowest BCUT2D eigenvalue weighted by molar-refractivity contribution is -0.143. The molecule has 0 aliphatic heterocycles. The van der Waals surface area contributed by atoms with Gasteiger partial charge in [-0.15, -0.1) is 0 Å². The largest absolute Gasteiger partial charge is 0.466 e. The molecule has 0 fully saturated rings. The number of nitrogens with two attached hydrogens (primary N) is 1. The minimum atomic E-state index is -0.210. The maximum absolute atomic E-state index is 12.0. The second-order valence-electron chi connectivity index (χ2n) is 6.35. The number of hydrogen-bond donors (Lipinski definition) is 2. The van der Waals surface area contributed by atoms with Crippen LogP contribution in [0.1, 0.15) is 24.9 Å². The number of carbonyl (C=O) groups is 1. The van der Waals surface area contributed by atoms with Crippen molar-refractivity contribution < 1.29 is 9.53 Å². The molecule has 0 bridgehead atoms. The Morgan fingerprint density at radius 2 is 1.71 bits per heavy atom. The van der Waals surface area contributed by atoms with Crippen molar-refractivity contribution in [3.8, 4) is 11.1 Å². The standard InChI is InChI=1S/C23H24N2O2S/c1-2-27-23(26)16-22(17-8-4-3-5-9-17)25-28-21-13-7-11-19(15-21)18-10-6-12-20(24)14-18/h3-15,22,25H,2,16,24H2,1H3. The van der Waals surface area contributed by atoms with E-state index in [2.05, 4.69) is 16.9 Å². The van der Waals surface area contributed by atoms with Gasteiger partial charge in [-0.3, -0.25) is 9.52 Å². The molecule has 5 heteroatoms. The van der Waals surface area contributed by atoms with Crippen LogP contribution in [0.25, 0.3) is 11.1 Å². The summed E-state index contributed by atoms with van der Waals surface area (Å²) in [6.45, 7) is 2.20. The lowest BCUT2D eigenvalue weighted by Gasteiger charge is -2.18. The second-order valence-corrected chi connectivity index (χ2v) is 7.26. The van der Waals surface area contributed by atoms with Crippen molar-refractivity contribution in [1.82, 2.24) is 4.72 Å². The Labute approximate surface area is 170 Å². The molecule has 0 aliphatic rings. The number of anilines is 1. The van der Waals surface area contributed by atoms with Gasteiger partial charge < -0.3 is 10.5 Å². The summed E-state index contributed by atoms with van der Waals surface area (Å²) in [7, 11) is 0. The van der Waals surface area contributed by atoms with Gasteiger partial charge in [-0.05, 0) is 59.8 Å². The molecule has 1 atom stereocenters. The molecule has 0 saturated heterocycles. The number of rotatable bonds is 8. The van der Waals surface area contributed by atoms with E-state index in [0.717, 1.165) is 27.3 Å². The molecule has 0 aromatic heterocycles. The fourth-order valence-electron chi connectivity index (χ4n) is 2.90. The third kappa shape index (κ3) is 5.62. The minimum Gasteiger partial charge on any atom is -0.466 e. The predicted molar refractivity (Wildman–Crippen MR) is 116 cm³/mol. The van der Waals surface area contributed by atoms with Crippen LogP contribution in [0.2, 0.25) is 0 Å². The van der Waals surface area contributed by atoms with E-state index in [1.807, 2.05) is 73.7 Å². The summed E-state index contributed by atoms with van der Waals surface area (Å²) in [5.74, 6) is -0.210. The van der Waals surface area contributed by atoms with Crippen molar-refractivity contribution in [2.24, 2.45) is 0 Å². The maximum Gasteiger partial charge on any atom is 0.307 e. The molecule has 1 unspecified atom stereocenters. The smallest absolute Gasteiger partial charge is 0.307 e. The average Bonchev–Trinajstić information content (AvgIpc) is 2.72. The van der Waals surface area contributed by atoms with Crippen molar-refractivity contribution in [2.75, 3.05) is 12.3 Å². The summed E-state index contributed by atoms with van der Waals surface area (Å²) in [6, 6.07) is 25.9. The zero-order valence-electron chi connectivity index (χ0n) is 15.8. The first kappa shape index (κ1) is 20.0. The second kappa shape index (κ2) is 9.97. The molecule has 0 aliphatic carbocycles. The molecule has 0 amide bonds. The highest BCUT2D eigenvalue weighted by Crippen LogP contribution is 2.28. The first-order chi connectivity index (χ1) is 13.7.